The van der Waals surface area contributed by atoms with E-state index in [4.69, 9.17) is 4.74 Å². The summed E-state index contributed by atoms with van der Waals surface area (Å²) in [7, 11) is 0. The highest BCUT2D eigenvalue weighted by atomic mass is 19.1. The third kappa shape index (κ3) is 2.61. The van der Waals surface area contributed by atoms with Gasteiger partial charge in [0.1, 0.15) is 23.1 Å². The summed E-state index contributed by atoms with van der Waals surface area (Å²) < 4.78 is 31.9. The van der Waals surface area contributed by atoms with Gasteiger partial charge in [0.25, 0.3) is 0 Å². The van der Waals surface area contributed by atoms with E-state index in [1.165, 1.54) is 12.1 Å². The standard InChI is InChI=1S/C14H12F2O/c1-9-3-5-11(7-13(9)15)17-12-6-4-10(2)14(16)8-12/h3-8H,1-2H3. The summed E-state index contributed by atoms with van der Waals surface area (Å²) in [5.74, 6) is 0.0397. The molecular weight excluding hydrogens is 222 g/mol. The molecular formula is C14H12F2O. The first kappa shape index (κ1) is 11.6. The highest BCUT2D eigenvalue weighted by molar-refractivity contribution is 5.35. The predicted octanol–water partition coefficient (Wildman–Crippen LogP) is 4.37. The maximum absolute atomic E-state index is 13.3. The van der Waals surface area contributed by atoms with Crippen LogP contribution in [-0.2, 0) is 0 Å². The van der Waals surface area contributed by atoms with Gasteiger partial charge >= 0.3 is 0 Å². The van der Waals surface area contributed by atoms with Gasteiger partial charge in [-0.1, -0.05) is 12.1 Å². The zero-order valence-corrected chi connectivity index (χ0v) is 9.63. The second-order valence-corrected chi connectivity index (χ2v) is 3.92. The molecule has 0 atom stereocenters. The number of hydrogen-bond acceptors (Lipinski definition) is 1. The molecule has 1 nitrogen and oxygen atoms in total. The van der Waals surface area contributed by atoms with Crippen molar-refractivity contribution in [3.05, 3.63) is 59.2 Å². The van der Waals surface area contributed by atoms with Crippen LogP contribution in [0, 0.1) is 25.5 Å². The highest BCUT2D eigenvalue weighted by Gasteiger charge is 2.04. The lowest BCUT2D eigenvalue weighted by Gasteiger charge is -2.07. The first-order valence-electron chi connectivity index (χ1n) is 5.26. The summed E-state index contributed by atoms with van der Waals surface area (Å²) in [4.78, 5) is 0. The molecule has 2 aromatic carbocycles. The fraction of sp³-hybridized carbons (Fsp3) is 0.143. The minimum atomic E-state index is -0.338. The normalized spacial score (nSPS) is 10.4. The van der Waals surface area contributed by atoms with Crippen LogP contribution < -0.4 is 4.74 Å². The molecule has 0 aliphatic heterocycles. The summed E-state index contributed by atoms with van der Waals surface area (Å²) >= 11 is 0. The van der Waals surface area contributed by atoms with Crippen molar-refractivity contribution in [3.8, 4) is 11.5 Å². The molecule has 0 aliphatic carbocycles. The average molecular weight is 234 g/mol. The van der Waals surface area contributed by atoms with E-state index in [9.17, 15) is 8.78 Å². The molecule has 0 heterocycles. The molecule has 88 valence electrons. The zero-order valence-electron chi connectivity index (χ0n) is 9.63. The van der Waals surface area contributed by atoms with Crippen LogP contribution >= 0.6 is 0 Å². The maximum atomic E-state index is 13.3. The number of ether oxygens (including phenoxy) is 1. The van der Waals surface area contributed by atoms with Crippen molar-refractivity contribution in [3.63, 3.8) is 0 Å². The Hall–Kier alpha value is -1.90. The summed E-state index contributed by atoms with van der Waals surface area (Å²) in [6, 6.07) is 9.11. The highest BCUT2D eigenvalue weighted by Crippen LogP contribution is 2.24. The van der Waals surface area contributed by atoms with Crippen molar-refractivity contribution in [2.75, 3.05) is 0 Å². The summed E-state index contributed by atoms with van der Waals surface area (Å²) in [6.45, 7) is 3.34. The van der Waals surface area contributed by atoms with Crippen molar-refractivity contribution in [2.24, 2.45) is 0 Å². The van der Waals surface area contributed by atoms with Gasteiger partial charge in [-0.3, -0.25) is 0 Å². The van der Waals surface area contributed by atoms with E-state index in [1.54, 1.807) is 38.1 Å². The average Bonchev–Trinajstić information content (AvgIpc) is 2.29. The zero-order chi connectivity index (χ0) is 12.4. The molecule has 0 spiro atoms. The number of halogens is 2. The van der Waals surface area contributed by atoms with Crippen molar-refractivity contribution < 1.29 is 13.5 Å². The Morgan fingerprint density at radius 3 is 1.53 bits per heavy atom. The minimum absolute atomic E-state index is 0.338. The van der Waals surface area contributed by atoms with Gasteiger partial charge in [-0.15, -0.1) is 0 Å². The van der Waals surface area contributed by atoms with Crippen LogP contribution in [0.2, 0.25) is 0 Å². The van der Waals surface area contributed by atoms with Gasteiger partial charge in [0.05, 0.1) is 0 Å². The van der Waals surface area contributed by atoms with Crippen molar-refractivity contribution in [1.82, 2.24) is 0 Å². The molecule has 0 fully saturated rings. The fourth-order valence-corrected chi connectivity index (χ4v) is 1.41. The lowest BCUT2D eigenvalue weighted by molar-refractivity contribution is 0.470. The van der Waals surface area contributed by atoms with Crippen LogP contribution in [0.1, 0.15) is 11.1 Å². The lowest BCUT2D eigenvalue weighted by atomic mass is 10.2. The van der Waals surface area contributed by atoms with Gasteiger partial charge in [0.2, 0.25) is 0 Å². The number of benzene rings is 2. The monoisotopic (exact) mass is 234 g/mol. The second kappa shape index (κ2) is 4.53. The van der Waals surface area contributed by atoms with Crippen LogP contribution in [0.3, 0.4) is 0 Å². The molecule has 2 rings (SSSR count). The second-order valence-electron chi connectivity index (χ2n) is 3.92. The predicted molar refractivity (Wildman–Crippen MR) is 62.3 cm³/mol. The van der Waals surface area contributed by atoms with Gasteiger partial charge in [0.15, 0.2) is 0 Å². The Labute approximate surface area is 98.7 Å². The Balaban J connectivity index is 2.25. The fourth-order valence-electron chi connectivity index (χ4n) is 1.41. The van der Waals surface area contributed by atoms with Gasteiger partial charge in [-0.05, 0) is 37.1 Å². The number of hydrogen-bond donors (Lipinski definition) is 0. The SMILES string of the molecule is Cc1ccc(Oc2ccc(C)c(F)c2)cc1F. The van der Waals surface area contributed by atoms with Crippen LogP contribution in [-0.4, -0.2) is 0 Å². The van der Waals surface area contributed by atoms with E-state index in [2.05, 4.69) is 0 Å². The third-order valence-corrected chi connectivity index (χ3v) is 2.52. The quantitative estimate of drug-likeness (QED) is 0.749. The first-order valence-corrected chi connectivity index (χ1v) is 5.26. The summed E-state index contributed by atoms with van der Waals surface area (Å²) in [5, 5.41) is 0. The van der Waals surface area contributed by atoms with E-state index in [0.717, 1.165) is 0 Å². The largest absolute Gasteiger partial charge is 0.457 e. The van der Waals surface area contributed by atoms with Crippen LogP contribution in [0.25, 0.3) is 0 Å². The molecule has 0 radical (unpaired) electrons. The molecule has 0 unspecified atom stereocenters. The molecule has 0 N–H and O–H groups in total. The van der Waals surface area contributed by atoms with Crippen molar-refractivity contribution >= 4 is 0 Å². The van der Waals surface area contributed by atoms with E-state index in [0.29, 0.717) is 22.6 Å². The lowest BCUT2D eigenvalue weighted by Crippen LogP contribution is -1.89. The Morgan fingerprint density at radius 2 is 1.18 bits per heavy atom. The first-order chi connectivity index (χ1) is 8.06. The van der Waals surface area contributed by atoms with Gasteiger partial charge in [-0.25, -0.2) is 8.78 Å². The molecule has 0 saturated heterocycles. The molecule has 2 aromatic rings. The molecule has 0 aromatic heterocycles. The van der Waals surface area contributed by atoms with Gasteiger partial charge < -0.3 is 4.74 Å². The Kier molecular flexibility index (Phi) is 3.09. The van der Waals surface area contributed by atoms with Crippen LogP contribution in [0.4, 0.5) is 8.78 Å². The molecule has 0 aliphatic rings. The topological polar surface area (TPSA) is 9.23 Å². The van der Waals surface area contributed by atoms with E-state index >= 15 is 0 Å². The molecule has 17 heavy (non-hydrogen) atoms. The van der Waals surface area contributed by atoms with E-state index < -0.39 is 0 Å². The molecule has 3 heteroatoms. The molecule has 0 saturated carbocycles. The summed E-state index contributed by atoms with van der Waals surface area (Å²) in [6.07, 6.45) is 0. The van der Waals surface area contributed by atoms with Crippen LogP contribution in [0.5, 0.6) is 11.5 Å². The Bertz CT molecular complexity index is 500. The number of rotatable bonds is 2. The third-order valence-electron chi connectivity index (χ3n) is 2.52. The molecule has 0 amide bonds. The number of aryl methyl sites for hydroxylation is 2. The van der Waals surface area contributed by atoms with Crippen LogP contribution in [0.15, 0.2) is 36.4 Å². The van der Waals surface area contributed by atoms with E-state index in [1.807, 2.05) is 0 Å². The maximum Gasteiger partial charge on any atom is 0.130 e. The van der Waals surface area contributed by atoms with Crippen molar-refractivity contribution in [1.29, 1.82) is 0 Å². The van der Waals surface area contributed by atoms with Gasteiger partial charge in [0, 0.05) is 12.1 Å². The van der Waals surface area contributed by atoms with E-state index in [-0.39, 0.29) is 11.6 Å². The van der Waals surface area contributed by atoms with Crippen molar-refractivity contribution in [2.45, 2.75) is 13.8 Å². The smallest absolute Gasteiger partial charge is 0.130 e. The van der Waals surface area contributed by atoms with Gasteiger partial charge in [-0.2, -0.15) is 0 Å². The molecule has 0 bridgehead atoms. The Morgan fingerprint density at radius 1 is 0.765 bits per heavy atom. The summed E-state index contributed by atoms with van der Waals surface area (Å²) in [5.41, 5.74) is 1.10. The minimum Gasteiger partial charge on any atom is -0.457 e.